The molecule has 0 saturated carbocycles. The summed E-state index contributed by atoms with van der Waals surface area (Å²) in [6, 6.07) is 18.5. The van der Waals surface area contributed by atoms with Crippen molar-refractivity contribution in [2.75, 3.05) is 26.2 Å². The van der Waals surface area contributed by atoms with Gasteiger partial charge in [-0.2, -0.15) is 4.31 Å². The molecule has 0 aliphatic carbocycles. The number of hydrogen-bond donors (Lipinski definition) is 0. The number of sulfonamides is 1. The average molecular weight is 502 g/mol. The van der Waals surface area contributed by atoms with Gasteiger partial charge in [-0.3, -0.25) is 4.79 Å². The van der Waals surface area contributed by atoms with Gasteiger partial charge in [0.15, 0.2) is 0 Å². The highest BCUT2D eigenvalue weighted by atomic mass is 79.9. The first-order chi connectivity index (χ1) is 14.8. The van der Waals surface area contributed by atoms with Gasteiger partial charge >= 0.3 is 0 Å². The van der Waals surface area contributed by atoms with Gasteiger partial charge in [0.25, 0.3) is 5.91 Å². The molecule has 8 heteroatoms. The highest BCUT2D eigenvalue weighted by Gasteiger charge is 2.31. The number of aromatic nitrogens is 1. The Morgan fingerprint density at radius 2 is 1.42 bits per heavy atom. The molecule has 0 N–H and O–H groups in total. The molecule has 0 radical (unpaired) electrons. The van der Waals surface area contributed by atoms with Crippen LogP contribution in [0.1, 0.15) is 21.7 Å². The van der Waals surface area contributed by atoms with Crippen LogP contribution in [-0.2, 0) is 10.0 Å². The third kappa shape index (κ3) is 4.20. The van der Waals surface area contributed by atoms with E-state index in [0.29, 0.717) is 23.1 Å². The maximum atomic E-state index is 13.0. The van der Waals surface area contributed by atoms with E-state index in [1.165, 1.54) is 4.31 Å². The van der Waals surface area contributed by atoms with E-state index in [-0.39, 0.29) is 23.9 Å². The third-order valence-electron chi connectivity index (χ3n) is 5.62. The van der Waals surface area contributed by atoms with Crippen LogP contribution in [0.15, 0.2) is 70.0 Å². The van der Waals surface area contributed by atoms with Crippen molar-refractivity contribution in [2.45, 2.75) is 18.7 Å². The Balaban J connectivity index is 1.44. The molecule has 0 bridgehead atoms. The lowest BCUT2D eigenvalue weighted by atomic mass is 10.1. The summed E-state index contributed by atoms with van der Waals surface area (Å²) in [6.45, 7) is 5.37. The highest BCUT2D eigenvalue weighted by molar-refractivity contribution is 9.10. The van der Waals surface area contributed by atoms with Crippen LogP contribution >= 0.6 is 15.9 Å². The van der Waals surface area contributed by atoms with E-state index in [2.05, 4.69) is 32.6 Å². The van der Waals surface area contributed by atoms with E-state index >= 15 is 0 Å². The fourth-order valence-electron chi connectivity index (χ4n) is 3.94. The molecule has 2 heterocycles. The van der Waals surface area contributed by atoms with Crippen molar-refractivity contribution in [3.63, 3.8) is 0 Å². The number of rotatable bonds is 4. The molecule has 162 valence electrons. The zero-order valence-electron chi connectivity index (χ0n) is 17.5. The van der Waals surface area contributed by atoms with Crippen LogP contribution in [0.4, 0.5) is 0 Å². The van der Waals surface area contributed by atoms with Crippen molar-refractivity contribution in [3.05, 3.63) is 82.1 Å². The lowest BCUT2D eigenvalue weighted by Gasteiger charge is -2.34. The van der Waals surface area contributed by atoms with E-state index in [1.54, 1.807) is 29.2 Å². The number of amides is 1. The molecule has 1 aromatic heterocycles. The quantitative estimate of drug-likeness (QED) is 0.542. The van der Waals surface area contributed by atoms with Gasteiger partial charge < -0.3 is 9.47 Å². The largest absolute Gasteiger partial charge is 0.336 e. The van der Waals surface area contributed by atoms with Crippen molar-refractivity contribution in [1.82, 2.24) is 13.8 Å². The number of aryl methyl sites for hydroxylation is 2. The second kappa shape index (κ2) is 8.61. The smallest absolute Gasteiger partial charge is 0.253 e. The number of halogens is 1. The molecule has 1 fully saturated rings. The maximum Gasteiger partial charge on any atom is 0.253 e. The van der Waals surface area contributed by atoms with Gasteiger partial charge in [-0.1, -0.05) is 12.1 Å². The van der Waals surface area contributed by atoms with Crippen LogP contribution < -0.4 is 0 Å². The molecule has 1 amide bonds. The zero-order chi connectivity index (χ0) is 22.2. The zero-order valence-corrected chi connectivity index (χ0v) is 19.9. The monoisotopic (exact) mass is 501 g/mol. The number of piperazine rings is 1. The van der Waals surface area contributed by atoms with E-state index in [1.807, 2.05) is 38.1 Å². The lowest BCUT2D eigenvalue weighted by molar-refractivity contribution is 0.0698. The molecule has 1 aliphatic rings. The molecular formula is C23H24BrN3O3S. The Labute approximate surface area is 191 Å². The summed E-state index contributed by atoms with van der Waals surface area (Å²) in [4.78, 5) is 14.9. The van der Waals surface area contributed by atoms with Crippen LogP contribution in [0, 0.1) is 13.8 Å². The minimum atomic E-state index is -3.60. The Bertz CT molecular complexity index is 1190. The molecule has 0 spiro atoms. The molecule has 1 saturated heterocycles. The molecule has 3 aromatic rings. The number of hydrogen-bond acceptors (Lipinski definition) is 3. The van der Waals surface area contributed by atoms with Crippen LogP contribution in [0.25, 0.3) is 5.69 Å². The molecular weight excluding hydrogens is 478 g/mol. The minimum absolute atomic E-state index is 0.0783. The Kier molecular flexibility index (Phi) is 6.05. The standard InChI is InChI=1S/C23H24BrN3O3S/c1-17-7-8-18(2)27(17)20-11-9-19(10-12-20)23(28)25-13-15-26(16-14-25)31(29,30)22-6-4-3-5-21(22)24/h3-12H,13-16H2,1-2H3. The van der Waals surface area contributed by atoms with E-state index in [9.17, 15) is 13.2 Å². The van der Waals surface area contributed by atoms with Gasteiger partial charge in [0.2, 0.25) is 10.0 Å². The van der Waals surface area contributed by atoms with Crippen molar-refractivity contribution in [1.29, 1.82) is 0 Å². The number of benzene rings is 2. The van der Waals surface area contributed by atoms with E-state index in [0.717, 1.165) is 17.1 Å². The normalized spacial score (nSPS) is 15.3. The molecule has 1 aliphatic heterocycles. The molecule has 0 unspecified atom stereocenters. The first-order valence-corrected chi connectivity index (χ1v) is 12.3. The predicted molar refractivity (Wildman–Crippen MR) is 124 cm³/mol. The summed E-state index contributed by atoms with van der Waals surface area (Å²) >= 11 is 3.32. The first kappa shape index (κ1) is 21.8. The van der Waals surface area contributed by atoms with Crippen molar-refractivity contribution in [3.8, 4) is 5.69 Å². The minimum Gasteiger partial charge on any atom is -0.336 e. The lowest BCUT2D eigenvalue weighted by Crippen LogP contribution is -2.50. The van der Waals surface area contributed by atoms with Crippen LogP contribution in [0.2, 0.25) is 0 Å². The Hall–Kier alpha value is -2.42. The average Bonchev–Trinajstić information content (AvgIpc) is 3.11. The maximum absolute atomic E-state index is 13.0. The predicted octanol–water partition coefficient (Wildman–Crippen LogP) is 4.00. The summed E-state index contributed by atoms with van der Waals surface area (Å²) in [6.07, 6.45) is 0. The molecule has 31 heavy (non-hydrogen) atoms. The number of carbonyl (C=O) groups is 1. The van der Waals surface area contributed by atoms with Gasteiger partial charge in [-0.15, -0.1) is 0 Å². The van der Waals surface area contributed by atoms with Crippen LogP contribution in [0.3, 0.4) is 0 Å². The number of nitrogens with zero attached hydrogens (tertiary/aromatic N) is 3. The van der Waals surface area contributed by atoms with Gasteiger partial charge in [0.1, 0.15) is 0 Å². The van der Waals surface area contributed by atoms with Gasteiger partial charge in [-0.05, 0) is 78.3 Å². The van der Waals surface area contributed by atoms with Crippen molar-refractivity contribution >= 4 is 31.9 Å². The van der Waals surface area contributed by atoms with Crippen LogP contribution in [-0.4, -0.2) is 54.3 Å². The SMILES string of the molecule is Cc1ccc(C)n1-c1ccc(C(=O)N2CCN(S(=O)(=O)c3ccccc3Br)CC2)cc1. The Morgan fingerprint density at radius 3 is 2.00 bits per heavy atom. The van der Waals surface area contributed by atoms with E-state index in [4.69, 9.17) is 0 Å². The van der Waals surface area contributed by atoms with Crippen molar-refractivity contribution < 1.29 is 13.2 Å². The third-order valence-corrected chi connectivity index (χ3v) is 8.53. The molecule has 2 aromatic carbocycles. The molecule has 6 nitrogen and oxygen atoms in total. The highest BCUT2D eigenvalue weighted by Crippen LogP contribution is 2.26. The summed E-state index contributed by atoms with van der Waals surface area (Å²) in [7, 11) is -3.60. The second-order valence-electron chi connectivity index (χ2n) is 7.63. The molecule has 0 atom stereocenters. The topological polar surface area (TPSA) is 62.6 Å². The molecule has 4 rings (SSSR count). The fourth-order valence-corrected chi connectivity index (χ4v) is 6.32. The number of carbonyl (C=O) groups excluding carboxylic acids is 1. The summed E-state index contributed by atoms with van der Waals surface area (Å²) in [5.74, 6) is -0.0783. The summed E-state index contributed by atoms with van der Waals surface area (Å²) in [5, 5.41) is 0. The first-order valence-electron chi connectivity index (χ1n) is 10.1. The van der Waals surface area contributed by atoms with Crippen molar-refractivity contribution in [2.24, 2.45) is 0 Å². The van der Waals surface area contributed by atoms with Gasteiger partial charge in [0, 0.05) is 53.3 Å². The van der Waals surface area contributed by atoms with E-state index < -0.39 is 10.0 Å². The summed E-state index contributed by atoms with van der Waals surface area (Å²) < 4.78 is 30.0. The Morgan fingerprint density at radius 1 is 0.839 bits per heavy atom. The summed E-state index contributed by atoms with van der Waals surface area (Å²) in [5.41, 5.74) is 3.90. The second-order valence-corrected chi connectivity index (χ2v) is 10.4. The van der Waals surface area contributed by atoms with Gasteiger partial charge in [-0.25, -0.2) is 8.42 Å². The van der Waals surface area contributed by atoms with Gasteiger partial charge in [0.05, 0.1) is 4.90 Å². The van der Waals surface area contributed by atoms with Crippen LogP contribution in [0.5, 0.6) is 0 Å². The fraction of sp³-hybridized carbons (Fsp3) is 0.261.